The molecule has 0 amide bonds. The van der Waals surface area contributed by atoms with E-state index in [9.17, 15) is 13.2 Å². The number of aromatic nitrogens is 3. The predicted molar refractivity (Wildman–Crippen MR) is 32.7 cm³/mol. The third-order valence-corrected chi connectivity index (χ3v) is 0.684. The van der Waals surface area contributed by atoms with Gasteiger partial charge in [-0.15, -0.1) is 0 Å². The van der Waals surface area contributed by atoms with E-state index in [0.717, 1.165) is 6.33 Å². The van der Waals surface area contributed by atoms with E-state index in [4.69, 9.17) is 0 Å². The Morgan fingerprint density at radius 1 is 1.36 bits per heavy atom. The van der Waals surface area contributed by atoms with E-state index < -0.39 is 12.0 Å². The monoisotopic (exact) mass is 167 g/mol. The van der Waals surface area contributed by atoms with Gasteiger partial charge in [0, 0.05) is 0 Å². The van der Waals surface area contributed by atoms with E-state index in [-0.39, 0.29) is 0 Å². The molecule has 1 aromatic heterocycles. The standard InChI is InChI=1S/C3H2F3N3.C2H6/c4-3(5,6)2-7-1-8-9-2;1-2/h1H,(H,7,8,9);1-2H3. The van der Waals surface area contributed by atoms with Crippen LogP contribution >= 0.6 is 0 Å². The summed E-state index contributed by atoms with van der Waals surface area (Å²) in [6.07, 6.45) is -3.60. The molecule has 0 fully saturated rings. The second kappa shape index (κ2) is 3.95. The Morgan fingerprint density at radius 2 is 1.91 bits per heavy atom. The van der Waals surface area contributed by atoms with E-state index in [1.54, 1.807) is 5.10 Å². The Morgan fingerprint density at radius 3 is 2.09 bits per heavy atom. The van der Waals surface area contributed by atoms with Gasteiger partial charge in [0.05, 0.1) is 0 Å². The third kappa shape index (κ3) is 3.01. The van der Waals surface area contributed by atoms with Crippen LogP contribution in [0.15, 0.2) is 6.33 Å². The summed E-state index contributed by atoms with van der Waals surface area (Å²) in [7, 11) is 0. The first-order chi connectivity index (χ1) is 5.11. The van der Waals surface area contributed by atoms with Crippen molar-refractivity contribution in [2.24, 2.45) is 0 Å². The maximum atomic E-state index is 11.5. The van der Waals surface area contributed by atoms with Crippen molar-refractivity contribution in [3.63, 3.8) is 0 Å². The van der Waals surface area contributed by atoms with Gasteiger partial charge >= 0.3 is 6.18 Å². The molecule has 3 nitrogen and oxygen atoms in total. The van der Waals surface area contributed by atoms with Crippen molar-refractivity contribution < 1.29 is 13.2 Å². The van der Waals surface area contributed by atoms with E-state index in [2.05, 4.69) is 10.1 Å². The lowest BCUT2D eigenvalue weighted by Gasteiger charge is -1.97. The average Bonchev–Trinajstić information content (AvgIpc) is 2.40. The van der Waals surface area contributed by atoms with Crippen molar-refractivity contribution in [2.75, 3.05) is 0 Å². The second-order valence-electron chi connectivity index (χ2n) is 1.33. The van der Waals surface area contributed by atoms with Crippen LogP contribution in [0.2, 0.25) is 0 Å². The molecule has 6 heteroatoms. The first-order valence-corrected chi connectivity index (χ1v) is 3.03. The number of rotatable bonds is 0. The number of nitrogens with one attached hydrogen (secondary N) is 1. The zero-order chi connectivity index (χ0) is 8.91. The van der Waals surface area contributed by atoms with Crippen LogP contribution in [-0.4, -0.2) is 15.2 Å². The summed E-state index contributed by atoms with van der Waals surface area (Å²) in [6.45, 7) is 4.00. The van der Waals surface area contributed by atoms with Gasteiger partial charge in [-0.05, 0) is 0 Å². The number of hydrogen-bond donors (Lipinski definition) is 1. The molecule has 0 bridgehead atoms. The highest BCUT2D eigenvalue weighted by atomic mass is 19.4. The third-order valence-electron chi connectivity index (χ3n) is 0.684. The van der Waals surface area contributed by atoms with Crippen molar-refractivity contribution in [1.29, 1.82) is 0 Å². The molecule has 1 rings (SSSR count). The lowest BCUT2D eigenvalue weighted by molar-refractivity contribution is -0.144. The number of nitrogens with zero attached hydrogens (tertiary/aromatic N) is 2. The molecule has 1 N–H and O–H groups in total. The lowest BCUT2D eigenvalue weighted by atomic mass is 10.6. The van der Waals surface area contributed by atoms with Gasteiger partial charge in [-0.2, -0.15) is 18.3 Å². The molecule has 0 aliphatic rings. The first-order valence-electron chi connectivity index (χ1n) is 3.03. The molecule has 0 aliphatic carbocycles. The Hall–Kier alpha value is -1.07. The van der Waals surface area contributed by atoms with E-state index in [1.165, 1.54) is 0 Å². The normalized spacial score (nSPS) is 10.3. The van der Waals surface area contributed by atoms with Gasteiger partial charge in [0.15, 0.2) is 0 Å². The van der Waals surface area contributed by atoms with Crippen LogP contribution in [0.5, 0.6) is 0 Å². The molecule has 1 heterocycles. The minimum atomic E-state index is -4.41. The molecule has 0 aromatic carbocycles. The largest absolute Gasteiger partial charge is 0.451 e. The van der Waals surface area contributed by atoms with Crippen LogP contribution in [-0.2, 0) is 6.18 Å². The molecular weight excluding hydrogens is 159 g/mol. The van der Waals surface area contributed by atoms with Crippen LogP contribution in [0, 0.1) is 0 Å². The van der Waals surface area contributed by atoms with Crippen LogP contribution in [0.4, 0.5) is 13.2 Å². The fraction of sp³-hybridized carbons (Fsp3) is 0.600. The number of H-pyrrole nitrogens is 1. The molecule has 64 valence electrons. The molecule has 0 saturated heterocycles. The summed E-state index contributed by atoms with van der Waals surface area (Å²) >= 11 is 0. The molecule has 1 aromatic rings. The Kier molecular flexibility index (Phi) is 3.56. The second-order valence-corrected chi connectivity index (χ2v) is 1.33. The van der Waals surface area contributed by atoms with Crippen molar-refractivity contribution in [2.45, 2.75) is 20.0 Å². The Bertz CT molecular complexity index is 179. The first kappa shape index (κ1) is 9.93. The van der Waals surface area contributed by atoms with Gasteiger partial charge in [0.2, 0.25) is 5.82 Å². The van der Waals surface area contributed by atoms with E-state index in [1.807, 2.05) is 13.8 Å². The van der Waals surface area contributed by atoms with Gasteiger partial charge < -0.3 is 0 Å². The van der Waals surface area contributed by atoms with Gasteiger partial charge in [-0.1, -0.05) is 13.8 Å². The smallest absolute Gasteiger partial charge is 0.256 e. The Labute approximate surface area is 61.6 Å². The molecule has 0 aliphatic heterocycles. The summed E-state index contributed by atoms with van der Waals surface area (Å²) in [5.41, 5.74) is 0. The van der Waals surface area contributed by atoms with Gasteiger partial charge in [-0.3, -0.25) is 5.10 Å². The molecule has 0 radical (unpaired) electrons. The highest BCUT2D eigenvalue weighted by Gasteiger charge is 2.33. The summed E-state index contributed by atoms with van der Waals surface area (Å²) in [4.78, 5) is 2.90. The maximum Gasteiger partial charge on any atom is 0.451 e. The summed E-state index contributed by atoms with van der Waals surface area (Å²) in [5, 5.41) is 4.72. The predicted octanol–water partition coefficient (Wildman–Crippen LogP) is 1.85. The lowest BCUT2D eigenvalue weighted by Crippen LogP contribution is -2.06. The number of halogens is 3. The average molecular weight is 167 g/mol. The fourth-order valence-corrected chi connectivity index (χ4v) is 0.342. The van der Waals surface area contributed by atoms with Crippen molar-refractivity contribution in [3.05, 3.63) is 12.2 Å². The quantitative estimate of drug-likeness (QED) is 0.640. The highest BCUT2D eigenvalue weighted by molar-refractivity contribution is 4.85. The van der Waals surface area contributed by atoms with Crippen molar-refractivity contribution in [3.8, 4) is 0 Å². The van der Waals surface area contributed by atoms with E-state index in [0.29, 0.717) is 0 Å². The molecule has 0 unspecified atom stereocenters. The van der Waals surface area contributed by atoms with Crippen LogP contribution in [0.1, 0.15) is 19.7 Å². The summed E-state index contributed by atoms with van der Waals surface area (Å²) < 4.78 is 34.5. The zero-order valence-electron chi connectivity index (χ0n) is 6.11. The van der Waals surface area contributed by atoms with Gasteiger partial charge in [-0.25, -0.2) is 4.98 Å². The SMILES string of the molecule is CC.FC(F)(F)c1ncn[nH]1. The van der Waals surface area contributed by atoms with Gasteiger partial charge in [0.25, 0.3) is 0 Å². The summed E-state index contributed by atoms with van der Waals surface area (Å²) in [6, 6.07) is 0. The van der Waals surface area contributed by atoms with Crippen LogP contribution in [0.25, 0.3) is 0 Å². The molecule has 11 heavy (non-hydrogen) atoms. The minimum Gasteiger partial charge on any atom is -0.256 e. The molecule has 0 saturated carbocycles. The number of hydrogen-bond acceptors (Lipinski definition) is 2. The fourth-order valence-electron chi connectivity index (χ4n) is 0.342. The van der Waals surface area contributed by atoms with Crippen molar-refractivity contribution in [1.82, 2.24) is 15.2 Å². The topological polar surface area (TPSA) is 41.6 Å². The minimum absolute atomic E-state index is 0.808. The highest BCUT2D eigenvalue weighted by Crippen LogP contribution is 2.24. The molecule has 0 atom stereocenters. The number of aromatic amines is 1. The zero-order valence-corrected chi connectivity index (χ0v) is 6.11. The van der Waals surface area contributed by atoms with Crippen LogP contribution in [0.3, 0.4) is 0 Å². The van der Waals surface area contributed by atoms with E-state index >= 15 is 0 Å². The molecule has 0 spiro atoms. The van der Waals surface area contributed by atoms with Crippen LogP contribution < -0.4 is 0 Å². The Balaban J connectivity index is 0.000000461. The van der Waals surface area contributed by atoms with Gasteiger partial charge in [0.1, 0.15) is 6.33 Å². The summed E-state index contributed by atoms with van der Waals surface area (Å²) in [5.74, 6) is -1.07. The van der Waals surface area contributed by atoms with Crippen molar-refractivity contribution >= 4 is 0 Å². The molecular formula is C5H8F3N3. The number of alkyl halides is 3. The maximum absolute atomic E-state index is 11.5.